The lowest BCUT2D eigenvalue weighted by Crippen LogP contribution is -2.44. The quantitative estimate of drug-likeness (QED) is 0.419. The lowest BCUT2D eigenvalue weighted by atomic mass is 10.0. The van der Waals surface area contributed by atoms with Crippen LogP contribution in [0.25, 0.3) is 22.0 Å². The number of hydrogen-bond donors (Lipinski definition) is 0. The summed E-state index contributed by atoms with van der Waals surface area (Å²) in [6, 6.07) is 13.3. The van der Waals surface area contributed by atoms with E-state index in [1.54, 1.807) is 24.7 Å². The normalized spacial score (nSPS) is 14.5. The van der Waals surface area contributed by atoms with Crippen molar-refractivity contribution in [1.82, 2.24) is 25.1 Å². The van der Waals surface area contributed by atoms with Crippen molar-refractivity contribution in [3.05, 3.63) is 77.3 Å². The van der Waals surface area contributed by atoms with Crippen molar-refractivity contribution < 1.29 is 4.79 Å². The number of carbonyl (C=O) groups is 1. The molecule has 8 heteroatoms. The number of anilines is 1. The molecule has 166 valence electrons. The van der Waals surface area contributed by atoms with Crippen LogP contribution >= 0.6 is 11.6 Å². The number of halogens is 1. The molecule has 0 bridgehead atoms. The van der Waals surface area contributed by atoms with E-state index in [-0.39, 0.29) is 12.2 Å². The van der Waals surface area contributed by atoms with Gasteiger partial charge >= 0.3 is 0 Å². The monoisotopic (exact) mass is 458 g/mol. The summed E-state index contributed by atoms with van der Waals surface area (Å²) in [5.74, 6) is 0.843. The molecule has 33 heavy (non-hydrogen) atoms. The Morgan fingerprint density at radius 1 is 0.970 bits per heavy atom. The molecule has 1 fully saturated rings. The number of ketones is 1. The van der Waals surface area contributed by atoms with Crippen LogP contribution in [0.3, 0.4) is 0 Å². The van der Waals surface area contributed by atoms with E-state index in [9.17, 15) is 4.79 Å². The first-order valence-electron chi connectivity index (χ1n) is 10.9. The van der Waals surface area contributed by atoms with Crippen molar-refractivity contribution in [3.63, 3.8) is 0 Å². The standard InChI is InChI=1S/C25H23ClN6O/c1-31-6-8-32(9-7-31)25-13-18(4-5-28-25)24(33)14-22-12-19-10-17(2-3-23(19)30-29-22)20-11-21(26)16-27-15-20/h2-5,10-13,15-16H,6-9,14H2,1H3. The minimum Gasteiger partial charge on any atom is -0.354 e. The SMILES string of the molecule is CN1CCN(c2cc(C(=O)Cc3cc4cc(-c5cncc(Cl)c5)ccc4nn3)ccn2)CC1. The predicted molar refractivity (Wildman–Crippen MR) is 130 cm³/mol. The fraction of sp³-hybridized carbons (Fsp3) is 0.240. The Labute approximate surface area is 197 Å². The van der Waals surface area contributed by atoms with Crippen LogP contribution in [0, 0.1) is 0 Å². The first-order chi connectivity index (χ1) is 16.0. The van der Waals surface area contributed by atoms with Gasteiger partial charge in [-0.25, -0.2) is 4.98 Å². The van der Waals surface area contributed by atoms with Crippen LogP contribution < -0.4 is 4.90 Å². The maximum atomic E-state index is 13.0. The highest BCUT2D eigenvalue weighted by Crippen LogP contribution is 2.25. The highest BCUT2D eigenvalue weighted by molar-refractivity contribution is 6.30. The smallest absolute Gasteiger partial charge is 0.169 e. The molecule has 0 atom stereocenters. The van der Waals surface area contributed by atoms with Crippen molar-refractivity contribution in [2.75, 3.05) is 38.1 Å². The Bertz CT molecular complexity index is 1320. The summed E-state index contributed by atoms with van der Waals surface area (Å²) in [4.78, 5) is 26.2. The zero-order valence-corrected chi connectivity index (χ0v) is 19.0. The van der Waals surface area contributed by atoms with Gasteiger partial charge < -0.3 is 9.80 Å². The van der Waals surface area contributed by atoms with Crippen LogP contribution in [0.4, 0.5) is 5.82 Å². The summed E-state index contributed by atoms with van der Waals surface area (Å²) in [6.45, 7) is 3.78. The molecular weight excluding hydrogens is 436 g/mol. The summed E-state index contributed by atoms with van der Waals surface area (Å²) in [5, 5.41) is 10.1. The van der Waals surface area contributed by atoms with Crippen molar-refractivity contribution in [1.29, 1.82) is 0 Å². The number of nitrogens with zero attached hydrogens (tertiary/aromatic N) is 6. The van der Waals surface area contributed by atoms with Crippen LogP contribution in [-0.4, -0.2) is 64.1 Å². The van der Waals surface area contributed by atoms with E-state index in [0.717, 1.165) is 54.0 Å². The first-order valence-corrected chi connectivity index (χ1v) is 11.2. The molecule has 3 aromatic heterocycles. The maximum Gasteiger partial charge on any atom is 0.169 e. The van der Waals surface area contributed by atoms with Gasteiger partial charge in [-0.15, -0.1) is 0 Å². The highest BCUT2D eigenvalue weighted by atomic mass is 35.5. The van der Waals surface area contributed by atoms with Gasteiger partial charge in [0.2, 0.25) is 0 Å². The van der Waals surface area contributed by atoms with Crippen LogP contribution in [0.15, 0.2) is 61.1 Å². The molecule has 4 aromatic rings. The lowest BCUT2D eigenvalue weighted by molar-refractivity contribution is 0.0991. The Balaban J connectivity index is 1.36. The third kappa shape index (κ3) is 4.84. The van der Waals surface area contributed by atoms with Gasteiger partial charge in [0.15, 0.2) is 5.78 Å². The van der Waals surface area contributed by atoms with E-state index in [0.29, 0.717) is 16.3 Å². The van der Waals surface area contributed by atoms with Gasteiger partial charge in [-0.3, -0.25) is 9.78 Å². The second-order valence-corrected chi connectivity index (χ2v) is 8.73. The molecule has 5 rings (SSSR count). The molecule has 0 saturated carbocycles. The molecular formula is C25H23ClN6O. The number of piperazine rings is 1. The average molecular weight is 459 g/mol. The lowest BCUT2D eigenvalue weighted by Gasteiger charge is -2.33. The summed E-state index contributed by atoms with van der Waals surface area (Å²) in [6.07, 6.45) is 5.26. The third-order valence-electron chi connectivity index (χ3n) is 5.91. The molecule has 0 amide bonds. The van der Waals surface area contributed by atoms with Gasteiger partial charge in [0.1, 0.15) is 5.82 Å². The van der Waals surface area contributed by atoms with Crippen LogP contribution in [0.1, 0.15) is 16.1 Å². The van der Waals surface area contributed by atoms with Gasteiger partial charge in [0.05, 0.1) is 22.7 Å². The number of rotatable bonds is 5. The molecule has 0 spiro atoms. The fourth-order valence-electron chi connectivity index (χ4n) is 3.99. The van der Waals surface area contributed by atoms with Crippen molar-refractivity contribution >= 4 is 34.1 Å². The average Bonchev–Trinajstić information content (AvgIpc) is 2.84. The molecule has 1 aliphatic heterocycles. The van der Waals surface area contributed by atoms with Gasteiger partial charge in [-0.2, -0.15) is 10.2 Å². The summed E-state index contributed by atoms with van der Waals surface area (Å²) < 4.78 is 0. The number of hydrogen-bond acceptors (Lipinski definition) is 7. The zero-order valence-electron chi connectivity index (χ0n) is 18.3. The number of pyridine rings is 2. The van der Waals surface area contributed by atoms with E-state index in [4.69, 9.17) is 11.6 Å². The third-order valence-corrected chi connectivity index (χ3v) is 6.12. The summed E-state index contributed by atoms with van der Waals surface area (Å²) >= 11 is 6.09. The molecule has 1 aliphatic rings. The van der Waals surface area contributed by atoms with Gasteiger partial charge in [0, 0.05) is 61.3 Å². The number of Topliss-reactive ketones (excluding diaryl/α,β-unsaturated/α-hetero) is 1. The summed E-state index contributed by atoms with van der Waals surface area (Å²) in [5.41, 5.74) is 3.94. The second-order valence-electron chi connectivity index (χ2n) is 8.29. The van der Waals surface area contributed by atoms with E-state index >= 15 is 0 Å². The minimum atomic E-state index is -0.00313. The van der Waals surface area contributed by atoms with Crippen molar-refractivity contribution in [2.24, 2.45) is 0 Å². The molecule has 4 heterocycles. The van der Waals surface area contributed by atoms with E-state index < -0.39 is 0 Å². The maximum absolute atomic E-state index is 13.0. The van der Waals surface area contributed by atoms with E-state index in [2.05, 4.69) is 37.0 Å². The molecule has 0 unspecified atom stereocenters. The van der Waals surface area contributed by atoms with E-state index in [1.807, 2.05) is 36.4 Å². The Hall–Kier alpha value is -3.42. The van der Waals surface area contributed by atoms with Crippen LogP contribution in [0.2, 0.25) is 5.02 Å². The molecule has 1 aromatic carbocycles. The predicted octanol–water partition coefficient (Wildman–Crippen LogP) is 3.92. The van der Waals surface area contributed by atoms with Crippen molar-refractivity contribution in [2.45, 2.75) is 6.42 Å². The number of carbonyl (C=O) groups excluding carboxylic acids is 1. The minimum absolute atomic E-state index is 0.00313. The molecule has 0 radical (unpaired) electrons. The Kier molecular flexibility index (Phi) is 5.98. The largest absolute Gasteiger partial charge is 0.354 e. The number of likely N-dealkylation sites (N-methyl/N-ethyl adjacent to an activating group) is 1. The fourth-order valence-corrected chi connectivity index (χ4v) is 4.16. The zero-order chi connectivity index (χ0) is 22.8. The van der Waals surface area contributed by atoms with Gasteiger partial charge in [-0.1, -0.05) is 17.7 Å². The number of aromatic nitrogens is 4. The first kappa shape index (κ1) is 21.4. The Morgan fingerprint density at radius 2 is 1.82 bits per heavy atom. The molecule has 1 saturated heterocycles. The number of benzene rings is 1. The summed E-state index contributed by atoms with van der Waals surface area (Å²) in [7, 11) is 2.12. The van der Waals surface area contributed by atoms with Gasteiger partial charge in [-0.05, 0) is 49.0 Å². The van der Waals surface area contributed by atoms with Crippen molar-refractivity contribution in [3.8, 4) is 11.1 Å². The Morgan fingerprint density at radius 3 is 2.64 bits per heavy atom. The van der Waals surface area contributed by atoms with E-state index in [1.165, 1.54) is 0 Å². The van der Waals surface area contributed by atoms with Gasteiger partial charge in [0.25, 0.3) is 0 Å². The molecule has 7 nitrogen and oxygen atoms in total. The van der Waals surface area contributed by atoms with Crippen LogP contribution in [0.5, 0.6) is 0 Å². The topological polar surface area (TPSA) is 75.1 Å². The molecule has 0 N–H and O–H groups in total. The highest BCUT2D eigenvalue weighted by Gasteiger charge is 2.17. The molecule has 0 aliphatic carbocycles. The van der Waals surface area contributed by atoms with Crippen LogP contribution in [-0.2, 0) is 6.42 Å². The second kappa shape index (κ2) is 9.21. The number of fused-ring (bicyclic) bond motifs is 1.